The molecule has 1 fully saturated rings. The smallest absolute Gasteiger partial charge is 0.317 e. The third-order valence-electron chi connectivity index (χ3n) is 5.19. The molecule has 1 aliphatic rings. The van der Waals surface area contributed by atoms with Crippen LogP contribution in [-0.2, 0) is 10.0 Å². The highest BCUT2D eigenvalue weighted by Gasteiger charge is 2.37. The molecule has 1 atom stereocenters. The maximum Gasteiger partial charge on any atom is 0.317 e. The summed E-state index contributed by atoms with van der Waals surface area (Å²) >= 11 is 5.89. The van der Waals surface area contributed by atoms with Gasteiger partial charge in [0.1, 0.15) is 11.6 Å². The lowest BCUT2D eigenvalue weighted by molar-refractivity contribution is 0.179. The van der Waals surface area contributed by atoms with Crippen molar-refractivity contribution in [3.8, 4) is 0 Å². The molecule has 2 aromatic rings. The summed E-state index contributed by atoms with van der Waals surface area (Å²) in [6.45, 7) is 4.90. The zero-order valence-electron chi connectivity index (χ0n) is 17.9. The van der Waals surface area contributed by atoms with Crippen LogP contribution < -0.4 is 9.62 Å². The lowest BCUT2D eigenvalue weighted by Gasteiger charge is -2.39. The molecule has 0 aromatic heterocycles. The van der Waals surface area contributed by atoms with E-state index in [4.69, 9.17) is 11.6 Å². The van der Waals surface area contributed by atoms with Gasteiger partial charge in [0.05, 0.1) is 16.6 Å². The highest BCUT2D eigenvalue weighted by atomic mass is 35.5. The molecule has 2 amide bonds. The molecule has 3 rings (SSSR count). The summed E-state index contributed by atoms with van der Waals surface area (Å²) in [5.74, 6) is -1.38. The number of benzene rings is 2. The van der Waals surface area contributed by atoms with Gasteiger partial charge >= 0.3 is 6.03 Å². The van der Waals surface area contributed by atoms with Crippen molar-refractivity contribution in [1.82, 2.24) is 10.2 Å². The predicted molar refractivity (Wildman–Crippen MR) is 120 cm³/mol. The topological polar surface area (TPSA) is 69.7 Å². The van der Waals surface area contributed by atoms with E-state index in [2.05, 4.69) is 5.32 Å². The number of amides is 2. The standard InChI is InChI=1S/C22H26ClF2N3O3S/c1-15(2)13-26-22(29)27-11-3-4-18(14-27)28(21-12-17(24)7-10-20(21)25)32(30,31)19-8-5-16(23)6-9-19/h5-10,12,15,18H,3-4,11,13-14H2,1-2H3,(H,26,29). The van der Waals surface area contributed by atoms with Crippen molar-refractivity contribution in [1.29, 1.82) is 0 Å². The largest absolute Gasteiger partial charge is 0.338 e. The molecule has 10 heteroatoms. The Morgan fingerprint density at radius 2 is 1.91 bits per heavy atom. The summed E-state index contributed by atoms with van der Waals surface area (Å²) in [5, 5.41) is 3.16. The molecule has 0 bridgehead atoms. The molecule has 6 nitrogen and oxygen atoms in total. The van der Waals surface area contributed by atoms with Crippen molar-refractivity contribution in [2.45, 2.75) is 37.6 Å². The van der Waals surface area contributed by atoms with Gasteiger partial charge in [-0.3, -0.25) is 4.31 Å². The number of sulfonamides is 1. The average molecular weight is 486 g/mol. The number of carbonyl (C=O) groups excluding carboxylic acids is 1. The first-order valence-electron chi connectivity index (χ1n) is 10.4. The van der Waals surface area contributed by atoms with Gasteiger partial charge < -0.3 is 10.2 Å². The Kier molecular flexibility index (Phi) is 7.61. The highest BCUT2D eigenvalue weighted by Crippen LogP contribution is 2.32. The van der Waals surface area contributed by atoms with E-state index in [1.54, 1.807) is 0 Å². The molecule has 0 saturated carbocycles. The molecule has 0 spiro atoms. The summed E-state index contributed by atoms with van der Waals surface area (Å²) in [7, 11) is -4.27. The molecule has 1 saturated heterocycles. The molecule has 1 unspecified atom stereocenters. The third kappa shape index (κ3) is 5.50. The fraction of sp³-hybridized carbons (Fsp3) is 0.409. The van der Waals surface area contributed by atoms with Crippen LogP contribution in [0.15, 0.2) is 47.4 Å². The van der Waals surface area contributed by atoms with E-state index in [1.807, 2.05) is 13.8 Å². The van der Waals surface area contributed by atoms with Gasteiger partial charge in [0, 0.05) is 30.7 Å². The Bertz CT molecular complexity index is 1060. The maximum absolute atomic E-state index is 14.8. The number of nitrogens with one attached hydrogen (secondary N) is 1. The number of rotatable bonds is 6. The zero-order chi connectivity index (χ0) is 23.5. The summed E-state index contributed by atoms with van der Waals surface area (Å²) in [4.78, 5) is 14.0. The lowest BCUT2D eigenvalue weighted by atomic mass is 10.1. The Hall–Kier alpha value is -2.39. The van der Waals surface area contributed by atoms with Crippen molar-refractivity contribution >= 4 is 33.3 Å². The van der Waals surface area contributed by atoms with E-state index < -0.39 is 33.4 Å². The van der Waals surface area contributed by atoms with Gasteiger partial charge in [0.25, 0.3) is 10.0 Å². The number of urea groups is 1. The number of hydrogen-bond donors (Lipinski definition) is 1. The molecule has 0 aliphatic carbocycles. The Morgan fingerprint density at radius 3 is 2.56 bits per heavy atom. The molecule has 1 N–H and O–H groups in total. The quantitative estimate of drug-likeness (QED) is 0.647. The van der Waals surface area contributed by atoms with E-state index in [0.717, 1.165) is 22.5 Å². The Balaban J connectivity index is 2.00. The summed E-state index contributed by atoms with van der Waals surface area (Å²) < 4.78 is 56.8. The number of carbonyl (C=O) groups is 1. The van der Waals surface area contributed by atoms with E-state index in [1.165, 1.54) is 29.2 Å². The molecular formula is C22H26ClF2N3O3S. The summed E-state index contributed by atoms with van der Waals surface area (Å²) in [5.41, 5.74) is -0.394. The lowest BCUT2D eigenvalue weighted by Crippen LogP contribution is -2.54. The van der Waals surface area contributed by atoms with Gasteiger partial charge in [-0.1, -0.05) is 25.4 Å². The Morgan fingerprint density at radius 1 is 1.22 bits per heavy atom. The van der Waals surface area contributed by atoms with Gasteiger partial charge in [0.2, 0.25) is 0 Å². The SMILES string of the molecule is CC(C)CNC(=O)N1CCCC(N(c2cc(F)ccc2F)S(=O)(=O)c2ccc(Cl)cc2)C1. The fourth-order valence-electron chi connectivity index (χ4n) is 3.63. The number of anilines is 1. The monoisotopic (exact) mass is 485 g/mol. The molecule has 1 heterocycles. The number of piperidine rings is 1. The predicted octanol–water partition coefficient (Wildman–Crippen LogP) is 4.64. The van der Waals surface area contributed by atoms with Gasteiger partial charge in [-0.25, -0.2) is 22.0 Å². The number of nitrogens with zero attached hydrogens (tertiary/aromatic N) is 2. The van der Waals surface area contributed by atoms with Crippen molar-refractivity contribution in [3.05, 3.63) is 59.1 Å². The van der Waals surface area contributed by atoms with Crippen LogP contribution in [0, 0.1) is 17.6 Å². The first-order valence-corrected chi connectivity index (χ1v) is 12.2. The van der Waals surface area contributed by atoms with Gasteiger partial charge in [-0.2, -0.15) is 0 Å². The van der Waals surface area contributed by atoms with E-state index >= 15 is 0 Å². The molecule has 1 aliphatic heterocycles. The summed E-state index contributed by atoms with van der Waals surface area (Å²) in [6, 6.07) is 7.07. The molecule has 2 aromatic carbocycles. The van der Waals surface area contributed by atoms with Crippen molar-refractivity contribution in [2.75, 3.05) is 23.9 Å². The number of hydrogen-bond acceptors (Lipinski definition) is 3. The van der Waals surface area contributed by atoms with Crippen LogP contribution in [0.5, 0.6) is 0 Å². The second-order valence-corrected chi connectivity index (χ2v) is 10.4. The normalized spacial score (nSPS) is 16.8. The third-order valence-corrected chi connectivity index (χ3v) is 7.33. The van der Waals surface area contributed by atoms with E-state index in [0.29, 0.717) is 31.0 Å². The number of likely N-dealkylation sites (tertiary alicyclic amines) is 1. The number of halogens is 3. The van der Waals surface area contributed by atoms with Crippen molar-refractivity contribution < 1.29 is 22.0 Å². The van der Waals surface area contributed by atoms with Crippen molar-refractivity contribution in [2.24, 2.45) is 5.92 Å². The first kappa shape index (κ1) is 24.3. The van der Waals surface area contributed by atoms with Crippen LogP contribution in [0.4, 0.5) is 19.3 Å². The fourth-order valence-corrected chi connectivity index (χ4v) is 5.43. The van der Waals surface area contributed by atoms with Gasteiger partial charge in [-0.15, -0.1) is 0 Å². The summed E-state index contributed by atoms with van der Waals surface area (Å²) in [6.07, 6.45) is 0.903. The first-order chi connectivity index (χ1) is 15.1. The second kappa shape index (κ2) is 10.0. The van der Waals surface area contributed by atoms with Crippen LogP contribution in [0.1, 0.15) is 26.7 Å². The van der Waals surface area contributed by atoms with Gasteiger partial charge in [0.15, 0.2) is 0 Å². The maximum atomic E-state index is 14.8. The molecule has 32 heavy (non-hydrogen) atoms. The zero-order valence-corrected chi connectivity index (χ0v) is 19.5. The van der Waals surface area contributed by atoms with Crippen LogP contribution in [0.3, 0.4) is 0 Å². The minimum Gasteiger partial charge on any atom is -0.338 e. The minimum absolute atomic E-state index is 0.0483. The minimum atomic E-state index is -4.27. The van der Waals surface area contributed by atoms with E-state index in [-0.39, 0.29) is 23.4 Å². The van der Waals surface area contributed by atoms with Crippen LogP contribution in [-0.4, -0.2) is 45.0 Å². The van der Waals surface area contributed by atoms with Crippen molar-refractivity contribution in [3.63, 3.8) is 0 Å². The van der Waals surface area contributed by atoms with Crippen LogP contribution in [0.2, 0.25) is 5.02 Å². The Labute approximate surface area is 192 Å². The van der Waals surface area contributed by atoms with Gasteiger partial charge in [-0.05, 0) is 55.2 Å². The molecular weight excluding hydrogens is 460 g/mol. The molecule has 0 radical (unpaired) electrons. The van der Waals surface area contributed by atoms with Crippen LogP contribution in [0.25, 0.3) is 0 Å². The highest BCUT2D eigenvalue weighted by molar-refractivity contribution is 7.92. The second-order valence-electron chi connectivity index (χ2n) is 8.17. The molecule has 174 valence electrons. The van der Waals surface area contributed by atoms with Crippen LogP contribution >= 0.6 is 11.6 Å². The average Bonchev–Trinajstić information content (AvgIpc) is 2.75. The van der Waals surface area contributed by atoms with E-state index in [9.17, 15) is 22.0 Å².